The summed E-state index contributed by atoms with van der Waals surface area (Å²) in [6.45, 7) is 5.55. The SMILES string of the molecule is CCOc1ncccc1-c1ccc(C2(C(=O)NC[C@@H](C)N(C)C)CCN(c3ccc(C(F)(F)F)cc3C#N)CC2)cn1. The number of ether oxygens (including phenoxy) is 1. The number of carbonyl (C=O) groups is 1. The number of amides is 1. The van der Waals surface area contributed by atoms with Crippen molar-refractivity contribution in [1.29, 1.82) is 5.26 Å². The van der Waals surface area contributed by atoms with Crippen LogP contribution >= 0.6 is 0 Å². The third kappa shape index (κ3) is 6.49. The van der Waals surface area contributed by atoms with E-state index in [1.54, 1.807) is 18.5 Å². The summed E-state index contributed by atoms with van der Waals surface area (Å²) in [6, 6.07) is 12.7. The Kier molecular flexibility index (Phi) is 9.36. The van der Waals surface area contributed by atoms with Gasteiger partial charge in [0, 0.05) is 38.1 Å². The van der Waals surface area contributed by atoms with Crippen molar-refractivity contribution in [2.45, 2.75) is 44.3 Å². The smallest absolute Gasteiger partial charge is 0.416 e. The molecule has 3 aromatic rings. The summed E-state index contributed by atoms with van der Waals surface area (Å²) in [4.78, 5) is 26.8. The zero-order valence-corrected chi connectivity index (χ0v) is 24.2. The van der Waals surface area contributed by atoms with E-state index in [4.69, 9.17) is 4.74 Å². The lowest BCUT2D eigenvalue weighted by molar-refractivity contribution is -0.137. The summed E-state index contributed by atoms with van der Waals surface area (Å²) in [5.41, 5.74) is 0.748. The van der Waals surface area contributed by atoms with Crippen molar-refractivity contribution in [2.24, 2.45) is 0 Å². The standard InChI is InChI=1S/C31H35F3N6O2/c1-5-42-28-25(7-6-14-36-28)26-10-8-24(20-37-26)30(29(41)38-19-21(2)39(3)4)12-15-40(16-13-30)27-11-9-23(31(32,33)34)17-22(27)18-35/h6-11,14,17,20-21H,5,12-13,15-16,19H2,1-4H3,(H,38,41)/t21-/m1/s1. The molecule has 42 heavy (non-hydrogen) atoms. The molecule has 0 saturated carbocycles. The van der Waals surface area contributed by atoms with Crippen LogP contribution in [0.4, 0.5) is 18.9 Å². The van der Waals surface area contributed by atoms with Gasteiger partial charge in [-0.25, -0.2) is 4.98 Å². The van der Waals surface area contributed by atoms with Gasteiger partial charge in [0.1, 0.15) is 6.07 Å². The summed E-state index contributed by atoms with van der Waals surface area (Å²) in [5, 5.41) is 12.7. The van der Waals surface area contributed by atoms with E-state index in [-0.39, 0.29) is 17.5 Å². The summed E-state index contributed by atoms with van der Waals surface area (Å²) >= 11 is 0. The van der Waals surface area contributed by atoms with Crippen LogP contribution in [0.3, 0.4) is 0 Å². The first-order chi connectivity index (χ1) is 20.0. The largest absolute Gasteiger partial charge is 0.477 e. The number of hydrogen-bond acceptors (Lipinski definition) is 7. The number of alkyl halides is 3. The minimum Gasteiger partial charge on any atom is -0.477 e. The quantitative estimate of drug-likeness (QED) is 0.379. The number of rotatable bonds is 9. The molecule has 3 heterocycles. The van der Waals surface area contributed by atoms with Crippen LogP contribution in [0.15, 0.2) is 54.9 Å². The molecule has 222 valence electrons. The molecule has 0 unspecified atom stereocenters. The summed E-state index contributed by atoms with van der Waals surface area (Å²) in [6.07, 6.45) is -0.402. The number of halogens is 3. The van der Waals surface area contributed by atoms with Gasteiger partial charge in [0.05, 0.1) is 40.1 Å². The number of aromatic nitrogens is 2. The molecule has 1 N–H and O–H groups in total. The Balaban J connectivity index is 1.64. The van der Waals surface area contributed by atoms with Gasteiger partial charge in [0.25, 0.3) is 0 Å². The Morgan fingerprint density at radius 2 is 1.93 bits per heavy atom. The first kappa shape index (κ1) is 30.8. The molecule has 1 amide bonds. The van der Waals surface area contributed by atoms with Gasteiger partial charge in [-0.2, -0.15) is 18.4 Å². The van der Waals surface area contributed by atoms with Crippen molar-refractivity contribution in [1.82, 2.24) is 20.2 Å². The van der Waals surface area contributed by atoms with Crippen molar-refractivity contribution >= 4 is 11.6 Å². The Labute approximate surface area is 244 Å². The third-order valence-electron chi connectivity index (χ3n) is 7.92. The first-order valence-electron chi connectivity index (χ1n) is 13.9. The number of piperidine rings is 1. The predicted molar refractivity (Wildman–Crippen MR) is 154 cm³/mol. The first-order valence-corrected chi connectivity index (χ1v) is 13.9. The average Bonchev–Trinajstić information content (AvgIpc) is 2.99. The second-order valence-electron chi connectivity index (χ2n) is 10.7. The lowest BCUT2D eigenvalue weighted by Gasteiger charge is -2.42. The molecule has 8 nitrogen and oxygen atoms in total. The third-order valence-corrected chi connectivity index (χ3v) is 7.92. The molecular formula is C31H35F3N6O2. The maximum Gasteiger partial charge on any atom is 0.416 e. The fourth-order valence-electron chi connectivity index (χ4n) is 5.12. The van der Waals surface area contributed by atoms with Crippen LogP contribution in [0.1, 0.15) is 43.4 Å². The van der Waals surface area contributed by atoms with E-state index in [1.165, 1.54) is 6.07 Å². The zero-order chi connectivity index (χ0) is 30.5. The van der Waals surface area contributed by atoms with E-state index in [2.05, 4.69) is 15.3 Å². The van der Waals surface area contributed by atoms with Crippen LogP contribution in [0, 0.1) is 11.3 Å². The molecule has 1 atom stereocenters. The van der Waals surface area contributed by atoms with E-state index >= 15 is 0 Å². The number of anilines is 1. The van der Waals surface area contributed by atoms with Crippen molar-refractivity contribution in [3.05, 3.63) is 71.5 Å². The summed E-state index contributed by atoms with van der Waals surface area (Å²) in [7, 11) is 3.89. The van der Waals surface area contributed by atoms with Crippen LogP contribution in [-0.4, -0.2) is 67.2 Å². The molecule has 1 aromatic carbocycles. The molecule has 0 aliphatic carbocycles. The normalized spacial score (nSPS) is 15.6. The number of benzene rings is 1. The van der Waals surface area contributed by atoms with E-state index in [9.17, 15) is 23.2 Å². The number of carbonyl (C=O) groups excluding carboxylic acids is 1. The molecule has 4 rings (SSSR count). The van der Waals surface area contributed by atoms with Gasteiger partial charge in [-0.15, -0.1) is 0 Å². The Bertz CT molecular complexity index is 1430. The fourth-order valence-corrected chi connectivity index (χ4v) is 5.12. The van der Waals surface area contributed by atoms with Gasteiger partial charge >= 0.3 is 6.18 Å². The highest BCUT2D eigenvalue weighted by molar-refractivity contribution is 5.89. The molecule has 1 fully saturated rings. The minimum absolute atomic E-state index is 0.0471. The number of nitriles is 1. The van der Waals surface area contributed by atoms with Gasteiger partial charge in [0.15, 0.2) is 0 Å². The number of nitrogens with zero attached hydrogens (tertiary/aromatic N) is 5. The van der Waals surface area contributed by atoms with Gasteiger partial charge in [0.2, 0.25) is 11.8 Å². The van der Waals surface area contributed by atoms with E-state index in [1.807, 2.05) is 62.0 Å². The minimum atomic E-state index is -4.54. The van der Waals surface area contributed by atoms with Crippen LogP contribution < -0.4 is 15.0 Å². The average molecular weight is 581 g/mol. The summed E-state index contributed by atoms with van der Waals surface area (Å²) in [5.74, 6) is 0.346. The number of hydrogen-bond donors (Lipinski definition) is 1. The van der Waals surface area contributed by atoms with Crippen molar-refractivity contribution in [3.8, 4) is 23.2 Å². The van der Waals surface area contributed by atoms with E-state index in [0.29, 0.717) is 56.3 Å². The van der Waals surface area contributed by atoms with Gasteiger partial charge in [-0.1, -0.05) is 6.07 Å². The van der Waals surface area contributed by atoms with Crippen LogP contribution in [-0.2, 0) is 16.4 Å². The monoisotopic (exact) mass is 580 g/mol. The maximum absolute atomic E-state index is 13.9. The predicted octanol–water partition coefficient (Wildman–Crippen LogP) is 5.04. The van der Waals surface area contributed by atoms with Crippen molar-refractivity contribution in [2.75, 3.05) is 45.2 Å². The van der Waals surface area contributed by atoms with E-state index in [0.717, 1.165) is 23.3 Å². The second-order valence-corrected chi connectivity index (χ2v) is 10.7. The highest BCUT2D eigenvalue weighted by Crippen LogP contribution is 2.40. The number of pyridine rings is 2. The van der Waals surface area contributed by atoms with E-state index < -0.39 is 17.2 Å². The molecule has 0 bridgehead atoms. The number of likely N-dealkylation sites (N-methyl/N-ethyl adjacent to an activating group) is 1. The molecule has 1 saturated heterocycles. The Morgan fingerprint density at radius 1 is 1.19 bits per heavy atom. The lowest BCUT2D eigenvalue weighted by atomic mass is 9.72. The van der Waals surface area contributed by atoms with Crippen LogP contribution in [0.25, 0.3) is 11.3 Å². The highest BCUT2D eigenvalue weighted by atomic mass is 19.4. The topological polar surface area (TPSA) is 94.4 Å². The van der Waals surface area contributed by atoms with Gasteiger partial charge in [-0.05, 0) is 82.7 Å². The van der Waals surface area contributed by atoms with Crippen molar-refractivity contribution in [3.63, 3.8) is 0 Å². The Hall–Kier alpha value is -4.17. The molecular weight excluding hydrogens is 545 g/mol. The van der Waals surface area contributed by atoms with Crippen LogP contribution in [0.5, 0.6) is 5.88 Å². The molecule has 1 aliphatic rings. The maximum atomic E-state index is 13.9. The number of nitrogens with one attached hydrogen (secondary N) is 1. The summed E-state index contributed by atoms with van der Waals surface area (Å²) < 4.78 is 45.4. The second kappa shape index (κ2) is 12.8. The molecule has 1 aliphatic heterocycles. The highest BCUT2D eigenvalue weighted by Gasteiger charge is 2.44. The van der Waals surface area contributed by atoms with Crippen molar-refractivity contribution < 1.29 is 22.7 Å². The molecule has 11 heteroatoms. The van der Waals surface area contributed by atoms with Gasteiger partial charge in [-0.3, -0.25) is 9.78 Å². The molecule has 2 aromatic heterocycles. The molecule has 0 radical (unpaired) electrons. The Morgan fingerprint density at radius 3 is 2.52 bits per heavy atom. The molecule has 0 spiro atoms. The lowest BCUT2D eigenvalue weighted by Crippen LogP contribution is -2.53. The fraction of sp³-hybridized carbons (Fsp3) is 0.419. The van der Waals surface area contributed by atoms with Gasteiger partial charge < -0.3 is 19.9 Å². The zero-order valence-electron chi connectivity index (χ0n) is 24.2. The van der Waals surface area contributed by atoms with Crippen LogP contribution in [0.2, 0.25) is 0 Å².